The van der Waals surface area contributed by atoms with Gasteiger partial charge in [0.25, 0.3) is 5.91 Å². The third kappa shape index (κ3) is 3.21. The zero-order chi connectivity index (χ0) is 19.7. The van der Waals surface area contributed by atoms with Gasteiger partial charge in [0.15, 0.2) is 0 Å². The molecule has 2 aromatic heterocycles. The molecule has 1 fully saturated rings. The summed E-state index contributed by atoms with van der Waals surface area (Å²) in [5, 5.41) is 9.72. The lowest BCUT2D eigenvalue weighted by Crippen LogP contribution is -2.46. The summed E-state index contributed by atoms with van der Waals surface area (Å²) in [6, 6.07) is 15.7. The highest BCUT2D eigenvalue weighted by Crippen LogP contribution is 2.30. The zero-order valence-corrected chi connectivity index (χ0v) is 15.8. The standard InChI is InChI=1S/C22H21N3O3/c1-15-13-25(14-19(27-15)17-8-4-3-5-9-17)21(26)20-16(2)28-22(18(20)12-23)24-10-6-7-11-24/h3-11,15,19H,13-14H2,1-2H3. The van der Waals surface area contributed by atoms with Gasteiger partial charge in [0.05, 0.1) is 12.6 Å². The number of ether oxygens (including phenoxy) is 1. The van der Waals surface area contributed by atoms with Crippen LogP contribution >= 0.6 is 0 Å². The van der Waals surface area contributed by atoms with Crippen LogP contribution in [0.1, 0.15) is 40.3 Å². The summed E-state index contributed by atoms with van der Waals surface area (Å²) in [4.78, 5) is 15.1. The van der Waals surface area contributed by atoms with Crippen LogP contribution in [0.5, 0.6) is 0 Å². The van der Waals surface area contributed by atoms with Gasteiger partial charge in [-0.25, -0.2) is 0 Å². The highest BCUT2D eigenvalue weighted by Gasteiger charge is 2.34. The molecule has 0 saturated carbocycles. The van der Waals surface area contributed by atoms with Gasteiger partial charge in [0, 0.05) is 18.9 Å². The van der Waals surface area contributed by atoms with E-state index in [1.54, 1.807) is 28.8 Å². The van der Waals surface area contributed by atoms with Crippen LogP contribution in [-0.4, -0.2) is 34.6 Å². The van der Waals surface area contributed by atoms with Crippen LogP contribution in [0.15, 0.2) is 59.3 Å². The first kappa shape index (κ1) is 18.1. The number of aromatic nitrogens is 1. The maximum Gasteiger partial charge on any atom is 0.259 e. The first-order valence-electron chi connectivity index (χ1n) is 9.25. The van der Waals surface area contributed by atoms with Crippen molar-refractivity contribution in [3.63, 3.8) is 0 Å². The van der Waals surface area contributed by atoms with Crippen LogP contribution in [0, 0.1) is 18.3 Å². The minimum absolute atomic E-state index is 0.107. The van der Waals surface area contributed by atoms with Crippen LogP contribution in [0.4, 0.5) is 0 Å². The number of hydrogen-bond acceptors (Lipinski definition) is 4. The Bertz CT molecular complexity index is 1020. The second-order valence-electron chi connectivity index (χ2n) is 6.97. The van der Waals surface area contributed by atoms with Gasteiger partial charge >= 0.3 is 0 Å². The quantitative estimate of drug-likeness (QED) is 0.697. The van der Waals surface area contributed by atoms with Gasteiger partial charge in [-0.1, -0.05) is 30.3 Å². The molecule has 0 spiro atoms. The van der Waals surface area contributed by atoms with Crippen molar-refractivity contribution in [2.24, 2.45) is 0 Å². The first-order valence-corrected chi connectivity index (χ1v) is 9.25. The van der Waals surface area contributed by atoms with Crippen molar-refractivity contribution in [3.8, 4) is 12.0 Å². The molecule has 1 aromatic carbocycles. The Hall–Kier alpha value is -3.30. The summed E-state index contributed by atoms with van der Waals surface area (Å²) in [5.74, 6) is 0.613. The Balaban J connectivity index is 1.67. The molecule has 6 heteroatoms. The summed E-state index contributed by atoms with van der Waals surface area (Å²) < 4.78 is 13.6. The SMILES string of the molecule is Cc1oc(-n2cccc2)c(C#N)c1C(=O)N1CC(C)OC(c2ccccc2)C1. The summed E-state index contributed by atoms with van der Waals surface area (Å²) in [6.45, 7) is 4.58. The third-order valence-electron chi connectivity index (χ3n) is 4.95. The molecule has 4 rings (SSSR count). The van der Waals surface area contributed by atoms with E-state index in [1.165, 1.54) is 0 Å². The van der Waals surface area contributed by atoms with Crippen LogP contribution in [0.2, 0.25) is 0 Å². The van der Waals surface area contributed by atoms with Crippen molar-refractivity contribution >= 4 is 5.91 Å². The fourth-order valence-corrected chi connectivity index (χ4v) is 3.67. The van der Waals surface area contributed by atoms with Gasteiger partial charge in [0.2, 0.25) is 5.88 Å². The molecule has 0 radical (unpaired) electrons. The van der Waals surface area contributed by atoms with E-state index in [-0.39, 0.29) is 23.7 Å². The molecule has 3 heterocycles. The molecule has 142 valence electrons. The number of carbonyl (C=O) groups is 1. The van der Waals surface area contributed by atoms with E-state index < -0.39 is 0 Å². The molecule has 1 aliphatic rings. The van der Waals surface area contributed by atoms with E-state index in [2.05, 4.69) is 6.07 Å². The van der Waals surface area contributed by atoms with E-state index in [9.17, 15) is 10.1 Å². The van der Waals surface area contributed by atoms with E-state index in [4.69, 9.17) is 9.15 Å². The highest BCUT2D eigenvalue weighted by molar-refractivity contribution is 5.98. The lowest BCUT2D eigenvalue weighted by Gasteiger charge is -2.37. The molecular formula is C22H21N3O3. The minimum Gasteiger partial charge on any atom is -0.443 e. The third-order valence-corrected chi connectivity index (χ3v) is 4.95. The van der Waals surface area contributed by atoms with E-state index in [1.807, 2.05) is 49.4 Å². The van der Waals surface area contributed by atoms with Crippen molar-refractivity contribution < 1.29 is 13.9 Å². The summed E-state index contributed by atoms with van der Waals surface area (Å²) in [6.07, 6.45) is 3.27. The first-order chi connectivity index (χ1) is 13.6. The number of hydrogen-bond donors (Lipinski definition) is 0. The maximum atomic E-state index is 13.4. The lowest BCUT2D eigenvalue weighted by molar-refractivity contribution is -0.0692. The van der Waals surface area contributed by atoms with Crippen molar-refractivity contribution in [1.29, 1.82) is 5.26 Å². The fourth-order valence-electron chi connectivity index (χ4n) is 3.67. The van der Waals surface area contributed by atoms with Gasteiger partial charge in [-0.15, -0.1) is 0 Å². The number of morpholine rings is 1. The number of nitrogens with zero attached hydrogens (tertiary/aromatic N) is 3. The van der Waals surface area contributed by atoms with Crippen molar-refractivity contribution in [1.82, 2.24) is 9.47 Å². The predicted octanol–water partition coefficient (Wildman–Crippen LogP) is 3.85. The van der Waals surface area contributed by atoms with Crippen LogP contribution in [0.25, 0.3) is 5.88 Å². The van der Waals surface area contributed by atoms with Crippen molar-refractivity contribution in [3.05, 3.63) is 77.3 Å². The normalized spacial score (nSPS) is 19.4. The van der Waals surface area contributed by atoms with Gasteiger partial charge in [-0.3, -0.25) is 9.36 Å². The smallest absolute Gasteiger partial charge is 0.259 e. The largest absolute Gasteiger partial charge is 0.443 e. The molecule has 0 N–H and O–H groups in total. The number of furan rings is 1. The molecule has 2 atom stereocenters. The highest BCUT2D eigenvalue weighted by atomic mass is 16.5. The molecule has 0 bridgehead atoms. The summed E-state index contributed by atoms with van der Waals surface area (Å²) >= 11 is 0. The molecule has 6 nitrogen and oxygen atoms in total. The molecule has 3 aromatic rings. The fraction of sp³-hybridized carbons (Fsp3) is 0.273. The minimum atomic E-state index is -0.202. The number of amides is 1. The van der Waals surface area contributed by atoms with Gasteiger partial charge in [-0.05, 0) is 31.5 Å². The van der Waals surface area contributed by atoms with Gasteiger partial charge in [-0.2, -0.15) is 5.26 Å². The lowest BCUT2D eigenvalue weighted by atomic mass is 10.0. The second-order valence-corrected chi connectivity index (χ2v) is 6.97. The van der Waals surface area contributed by atoms with Gasteiger partial charge in [0.1, 0.15) is 29.1 Å². The zero-order valence-electron chi connectivity index (χ0n) is 15.8. The molecule has 2 unspecified atom stereocenters. The molecular weight excluding hydrogens is 354 g/mol. The van der Waals surface area contributed by atoms with Gasteiger partial charge < -0.3 is 14.1 Å². The van der Waals surface area contributed by atoms with Crippen molar-refractivity contribution in [2.45, 2.75) is 26.1 Å². The Labute approximate surface area is 163 Å². The molecule has 1 amide bonds. The monoisotopic (exact) mass is 375 g/mol. The number of nitriles is 1. The molecule has 1 saturated heterocycles. The molecule has 28 heavy (non-hydrogen) atoms. The summed E-state index contributed by atoms with van der Waals surface area (Å²) in [5.41, 5.74) is 1.62. The molecule has 0 aliphatic carbocycles. The van der Waals surface area contributed by atoms with Crippen LogP contribution < -0.4 is 0 Å². The number of carbonyl (C=O) groups excluding carboxylic acids is 1. The van der Waals surface area contributed by atoms with E-state index >= 15 is 0 Å². The topological polar surface area (TPSA) is 71.4 Å². The average molecular weight is 375 g/mol. The van der Waals surface area contributed by atoms with E-state index in [0.717, 1.165) is 5.56 Å². The number of aryl methyl sites for hydroxylation is 1. The Morgan fingerprint density at radius 1 is 1.14 bits per heavy atom. The number of benzene rings is 1. The van der Waals surface area contributed by atoms with Crippen LogP contribution in [-0.2, 0) is 4.74 Å². The number of rotatable bonds is 3. The van der Waals surface area contributed by atoms with Crippen LogP contribution in [0.3, 0.4) is 0 Å². The van der Waals surface area contributed by atoms with E-state index in [0.29, 0.717) is 30.3 Å². The maximum absolute atomic E-state index is 13.4. The molecule has 1 aliphatic heterocycles. The second kappa shape index (κ2) is 7.37. The van der Waals surface area contributed by atoms with Crippen molar-refractivity contribution in [2.75, 3.05) is 13.1 Å². The Morgan fingerprint density at radius 2 is 1.86 bits per heavy atom. The Morgan fingerprint density at radius 3 is 2.54 bits per heavy atom. The Kier molecular flexibility index (Phi) is 4.76. The predicted molar refractivity (Wildman–Crippen MR) is 103 cm³/mol. The summed E-state index contributed by atoms with van der Waals surface area (Å²) in [7, 11) is 0. The average Bonchev–Trinajstić information content (AvgIpc) is 3.35.